The summed E-state index contributed by atoms with van der Waals surface area (Å²) in [5, 5.41) is 10.9. The van der Waals surface area contributed by atoms with Gasteiger partial charge in [0.2, 0.25) is 0 Å². The summed E-state index contributed by atoms with van der Waals surface area (Å²) in [4.78, 5) is 10.4. The van der Waals surface area contributed by atoms with Crippen LogP contribution in [-0.2, 0) is 33.7 Å². The number of nitro benzene ring substituents is 1. The summed E-state index contributed by atoms with van der Waals surface area (Å²) in [5.41, 5.74) is -3.44. The number of rotatable bonds is 6. The van der Waals surface area contributed by atoms with Gasteiger partial charge in [0, 0.05) is 35.4 Å². The Morgan fingerprint density at radius 1 is 0.878 bits per heavy atom. The Labute approximate surface area is 230 Å². The Kier molecular flexibility index (Phi) is 6.16. The molecule has 0 amide bonds. The quantitative estimate of drug-likeness (QED) is 0.112. The normalized spacial score (nSPS) is 17.2. The molecule has 2 heterocycles. The molecule has 0 fully saturated rings. The first-order valence-electron chi connectivity index (χ1n) is 12.0. The molecule has 9 nitrogen and oxygen atoms in total. The van der Waals surface area contributed by atoms with E-state index < -0.39 is 31.9 Å². The Morgan fingerprint density at radius 2 is 1.51 bits per heavy atom. The highest BCUT2D eigenvalue weighted by atomic mass is 32.2. The summed E-state index contributed by atoms with van der Waals surface area (Å²) in [6.45, 7) is 0.333. The van der Waals surface area contributed by atoms with Crippen molar-refractivity contribution in [2.45, 2.75) is 24.3 Å². The molecule has 0 aromatic heterocycles. The molecule has 4 aromatic carbocycles. The summed E-state index contributed by atoms with van der Waals surface area (Å²) in [6.07, 6.45) is 0. The molecule has 41 heavy (non-hydrogen) atoms. The lowest BCUT2D eigenvalue weighted by Gasteiger charge is -2.37. The fourth-order valence-electron chi connectivity index (χ4n) is 4.91. The monoisotopic (exact) mass is 585 g/mol. The molecule has 1 unspecified atom stereocenters. The number of halogens is 3. The third-order valence-corrected chi connectivity index (χ3v) is 7.75. The lowest BCUT2D eigenvalue weighted by Crippen LogP contribution is -2.32. The Balaban J connectivity index is 1.38. The van der Waals surface area contributed by atoms with Crippen molar-refractivity contribution in [3.8, 4) is 23.0 Å². The first-order valence-corrected chi connectivity index (χ1v) is 13.4. The van der Waals surface area contributed by atoms with Gasteiger partial charge in [-0.2, -0.15) is 21.6 Å². The third-order valence-electron chi connectivity index (χ3n) is 6.77. The number of nitro groups is 1. The van der Waals surface area contributed by atoms with E-state index in [2.05, 4.69) is 4.18 Å². The van der Waals surface area contributed by atoms with Gasteiger partial charge in [-0.15, -0.1) is 0 Å². The molecule has 0 saturated carbocycles. The minimum absolute atomic E-state index is 0.0385. The average Bonchev–Trinajstić information content (AvgIpc) is 3.31. The van der Waals surface area contributed by atoms with Gasteiger partial charge in [0.1, 0.15) is 29.6 Å². The van der Waals surface area contributed by atoms with E-state index in [9.17, 15) is 31.7 Å². The van der Waals surface area contributed by atoms with Gasteiger partial charge in [-0.1, -0.05) is 24.3 Å². The molecule has 210 valence electrons. The number of nitrogens with zero attached hydrogens (tertiary/aromatic N) is 1. The molecule has 0 aliphatic carbocycles. The summed E-state index contributed by atoms with van der Waals surface area (Å²) in [6, 6.07) is 22.0. The van der Waals surface area contributed by atoms with Crippen molar-refractivity contribution < 1.29 is 44.9 Å². The fraction of sp³-hybridized carbons (Fsp3) is 0.143. The van der Waals surface area contributed by atoms with E-state index in [0.717, 1.165) is 23.3 Å². The fourth-order valence-corrected chi connectivity index (χ4v) is 5.37. The molecule has 13 heteroatoms. The van der Waals surface area contributed by atoms with Crippen LogP contribution < -0.4 is 13.7 Å². The Hall–Kier alpha value is -4.62. The molecule has 4 aromatic rings. The number of benzene rings is 4. The van der Waals surface area contributed by atoms with E-state index >= 15 is 0 Å². The molecule has 6 rings (SSSR count). The van der Waals surface area contributed by atoms with Gasteiger partial charge in [-0.05, 0) is 53.1 Å². The number of non-ortho nitro benzene ring substituents is 1. The van der Waals surface area contributed by atoms with Gasteiger partial charge in [0.15, 0.2) is 5.60 Å². The zero-order chi connectivity index (χ0) is 29.0. The minimum Gasteiger partial charge on any atom is -0.489 e. The molecule has 1 spiro atoms. The van der Waals surface area contributed by atoms with Crippen molar-refractivity contribution in [2.24, 2.45) is 0 Å². The second-order valence-electron chi connectivity index (χ2n) is 9.24. The zero-order valence-electron chi connectivity index (χ0n) is 20.8. The molecule has 1 atom stereocenters. The van der Waals surface area contributed by atoms with Crippen molar-refractivity contribution in [3.63, 3.8) is 0 Å². The topological polar surface area (TPSA) is 114 Å². The van der Waals surface area contributed by atoms with Crippen LogP contribution in [0.2, 0.25) is 0 Å². The molecular weight excluding hydrogens is 567 g/mol. The van der Waals surface area contributed by atoms with Crippen LogP contribution in [0.1, 0.15) is 27.8 Å². The maximum Gasteiger partial charge on any atom is 0.534 e. The molecule has 0 saturated heterocycles. The van der Waals surface area contributed by atoms with Crippen LogP contribution in [0.4, 0.5) is 18.9 Å². The highest BCUT2D eigenvalue weighted by Crippen LogP contribution is 2.57. The standard InChI is InChI=1S/C28H18F3NO8S/c29-28(30,31)41(35,36)40-21-10-12-24-26(14-21)39-25-13-20(37-15-17-5-7-19(8-6-17)32(33)34)9-11-23(25)27(24)22-4-2-1-3-18(22)16-38-27/h1-14H,15-16H2. The zero-order valence-corrected chi connectivity index (χ0v) is 21.6. The molecule has 0 bridgehead atoms. The predicted molar refractivity (Wildman–Crippen MR) is 137 cm³/mol. The van der Waals surface area contributed by atoms with Gasteiger partial charge >= 0.3 is 15.6 Å². The third kappa shape index (κ3) is 4.52. The van der Waals surface area contributed by atoms with E-state index in [4.69, 9.17) is 14.2 Å². The van der Waals surface area contributed by atoms with Crippen LogP contribution in [0.5, 0.6) is 23.0 Å². The van der Waals surface area contributed by atoms with Crippen LogP contribution in [0.25, 0.3) is 0 Å². The van der Waals surface area contributed by atoms with Crippen LogP contribution in [-0.4, -0.2) is 18.8 Å². The van der Waals surface area contributed by atoms with Crippen LogP contribution in [0.3, 0.4) is 0 Å². The largest absolute Gasteiger partial charge is 0.534 e. The molecule has 2 aliphatic rings. The molecular formula is C28H18F3NO8S. The summed E-state index contributed by atoms with van der Waals surface area (Å²) >= 11 is 0. The first-order chi connectivity index (χ1) is 19.5. The minimum atomic E-state index is -5.91. The van der Waals surface area contributed by atoms with Crippen molar-refractivity contribution >= 4 is 15.8 Å². The number of hydrogen-bond donors (Lipinski definition) is 0. The molecule has 2 aliphatic heterocycles. The summed E-state index contributed by atoms with van der Waals surface area (Å²) in [7, 11) is -5.91. The highest BCUT2D eigenvalue weighted by Gasteiger charge is 2.51. The smallest absolute Gasteiger partial charge is 0.489 e. The van der Waals surface area contributed by atoms with Crippen molar-refractivity contribution in [3.05, 3.63) is 123 Å². The van der Waals surface area contributed by atoms with Crippen molar-refractivity contribution in [1.82, 2.24) is 0 Å². The second-order valence-corrected chi connectivity index (χ2v) is 10.8. The molecule has 0 radical (unpaired) electrons. The van der Waals surface area contributed by atoms with Gasteiger partial charge in [0.05, 0.1) is 11.5 Å². The maximum atomic E-state index is 12.9. The van der Waals surface area contributed by atoms with Gasteiger partial charge in [-0.25, -0.2) is 0 Å². The van der Waals surface area contributed by atoms with E-state index in [1.165, 1.54) is 18.2 Å². The number of ether oxygens (including phenoxy) is 3. The maximum absolute atomic E-state index is 12.9. The Morgan fingerprint density at radius 3 is 2.17 bits per heavy atom. The van der Waals surface area contributed by atoms with E-state index in [-0.39, 0.29) is 30.4 Å². The van der Waals surface area contributed by atoms with Crippen LogP contribution >= 0.6 is 0 Å². The molecule has 0 N–H and O–H groups in total. The summed E-state index contributed by atoms with van der Waals surface area (Å²) in [5.74, 6) is 0.0957. The SMILES string of the molecule is O=[N+]([O-])c1ccc(COc2ccc3c(c2)Oc2cc(OS(=O)(=O)C(F)(F)F)ccc2C32OCc3ccccc32)cc1. The lowest BCUT2D eigenvalue weighted by atomic mass is 9.77. The van der Waals surface area contributed by atoms with Crippen LogP contribution in [0, 0.1) is 10.1 Å². The number of fused-ring (bicyclic) bond motifs is 6. The van der Waals surface area contributed by atoms with E-state index in [1.807, 2.05) is 24.3 Å². The Bertz CT molecular complexity index is 1790. The second kappa shape index (κ2) is 9.49. The summed E-state index contributed by atoms with van der Waals surface area (Å²) < 4.78 is 84.7. The van der Waals surface area contributed by atoms with E-state index in [1.54, 1.807) is 30.3 Å². The lowest BCUT2D eigenvalue weighted by molar-refractivity contribution is -0.384. The van der Waals surface area contributed by atoms with Crippen molar-refractivity contribution in [1.29, 1.82) is 0 Å². The average molecular weight is 586 g/mol. The van der Waals surface area contributed by atoms with Crippen molar-refractivity contribution in [2.75, 3.05) is 0 Å². The predicted octanol–water partition coefficient (Wildman–Crippen LogP) is 6.33. The number of alkyl halides is 3. The highest BCUT2D eigenvalue weighted by molar-refractivity contribution is 7.88. The number of hydrogen-bond acceptors (Lipinski definition) is 8. The van der Waals surface area contributed by atoms with Crippen LogP contribution in [0.15, 0.2) is 84.9 Å². The van der Waals surface area contributed by atoms with Gasteiger partial charge in [0.25, 0.3) is 5.69 Å². The van der Waals surface area contributed by atoms with Gasteiger partial charge in [-0.3, -0.25) is 10.1 Å². The van der Waals surface area contributed by atoms with E-state index in [0.29, 0.717) is 22.4 Å². The first kappa shape index (κ1) is 26.6. The van der Waals surface area contributed by atoms with Gasteiger partial charge < -0.3 is 18.4 Å².